The first-order valence-electron chi connectivity index (χ1n) is 9.95. The molecule has 6 nitrogen and oxygen atoms in total. The van der Waals surface area contributed by atoms with Gasteiger partial charge >= 0.3 is 5.97 Å². The number of benzene rings is 2. The van der Waals surface area contributed by atoms with E-state index in [0.717, 1.165) is 33.5 Å². The summed E-state index contributed by atoms with van der Waals surface area (Å²) >= 11 is 0. The molecule has 0 bridgehead atoms. The van der Waals surface area contributed by atoms with E-state index in [2.05, 4.69) is 4.98 Å². The SMILES string of the molecule is Cc1ccc(-c2cc3c(c(C)c2CC(=O)O)N(S(C)(=O)=O)Cc2cc(C)cnc2-3)cc1. The lowest BCUT2D eigenvalue weighted by Crippen LogP contribution is -2.33. The van der Waals surface area contributed by atoms with Crippen LogP contribution in [-0.2, 0) is 27.8 Å². The highest BCUT2D eigenvalue weighted by Crippen LogP contribution is 2.46. The maximum Gasteiger partial charge on any atom is 0.307 e. The van der Waals surface area contributed by atoms with Crippen LogP contribution in [0.25, 0.3) is 22.4 Å². The number of hydrogen-bond donors (Lipinski definition) is 1. The molecule has 1 aliphatic rings. The summed E-state index contributed by atoms with van der Waals surface area (Å²) in [5.74, 6) is -0.965. The topological polar surface area (TPSA) is 87.6 Å². The van der Waals surface area contributed by atoms with Gasteiger partial charge in [-0.3, -0.25) is 14.1 Å². The number of carboxylic acid groups (broad SMARTS) is 1. The van der Waals surface area contributed by atoms with Crippen LogP contribution in [0, 0.1) is 20.8 Å². The summed E-state index contributed by atoms with van der Waals surface area (Å²) in [6, 6.07) is 11.7. The largest absolute Gasteiger partial charge is 0.481 e. The fourth-order valence-corrected chi connectivity index (χ4v) is 5.17. The molecular weight excluding hydrogens is 412 g/mol. The highest BCUT2D eigenvalue weighted by atomic mass is 32.2. The van der Waals surface area contributed by atoms with Crippen molar-refractivity contribution in [3.63, 3.8) is 0 Å². The van der Waals surface area contributed by atoms with E-state index >= 15 is 0 Å². The Morgan fingerprint density at radius 1 is 1.06 bits per heavy atom. The fraction of sp³-hybridized carbons (Fsp3) is 0.250. The highest BCUT2D eigenvalue weighted by molar-refractivity contribution is 7.92. The Labute approximate surface area is 182 Å². The van der Waals surface area contributed by atoms with Crippen LogP contribution in [0.3, 0.4) is 0 Å². The van der Waals surface area contributed by atoms with Gasteiger partial charge in [-0.2, -0.15) is 0 Å². The summed E-state index contributed by atoms with van der Waals surface area (Å²) in [7, 11) is -3.59. The highest BCUT2D eigenvalue weighted by Gasteiger charge is 2.32. The number of nitrogens with zero attached hydrogens (tertiary/aromatic N) is 2. The Morgan fingerprint density at radius 2 is 1.74 bits per heavy atom. The Balaban J connectivity index is 2.10. The molecule has 0 saturated heterocycles. The molecule has 31 heavy (non-hydrogen) atoms. The molecule has 0 atom stereocenters. The molecule has 0 spiro atoms. The van der Waals surface area contributed by atoms with Gasteiger partial charge in [-0.15, -0.1) is 0 Å². The third kappa shape index (κ3) is 3.81. The second kappa shape index (κ2) is 7.50. The number of pyridine rings is 1. The summed E-state index contributed by atoms with van der Waals surface area (Å²) in [6.07, 6.45) is 2.74. The van der Waals surface area contributed by atoms with Gasteiger partial charge in [0.1, 0.15) is 0 Å². The van der Waals surface area contributed by atoms with Crippen molar-refractivity contribution >= 4 is 21.7 Å². The van der Waals surface area contributed by atoms with Crippen molar-refractivity contribution < 1.29 is 18.3 Å². The molecule has 0 fully saturated rings. The third-order valence-corrected chi connectivity index (χ3v) is 6.80. The van der Waals surface area contributed by atoms with E-state index in [1.54, 1.807) is 13.1 Å². The zero-order chi connectivity index (χ0) is 22.5. The number of carbonyl (C=O) groups is 1. The Morgan fingerprint density at radius 3 is 2.35 bits per heavy atom. The summed E-state index contributed by atoms with van der Waals surface area (Å²) in [5, 5.41) is 9.58. The maximum atomic E-state index is 12.7. The lowest BCUT2D eigenvalue weighted by atomic mass is 9.86. The van der Waals surface area contributed by atoms with E-state index in [1.165, 1.54) is 10.6 Å². The Kier molecular flexibility index (Phi) is 5.09. The first kappa shape index (κ1) is 21.1. The van der Waals surface area contributed by atoms with Crippen LogP contribution in [0.5, 0.6) is 0 Å². The molecule has 1 N–H and O–H groups in total. The van der Waals surface area contributed by atoms with Crippen LogP contribution < -0.4 is 4.31 Å². The van der Waals surface area contributed by atoms with Crippen molar-refractivity contribution in [2.24, 2.45) is 0 Å². The molecule has 0 radical (unpaired) electrons. The first-order valence-corrected chi connectivity index (χ1v) is 11.8. The molecule has 0 aliphatic carbocycles. The van der Waals surface area contributed by atoms with Gasteiger partial charge in [0.2, 0.25) is 10.0 Å². The summed E-state index contributed by atoms with van der Waals surface area (Å²) in [6.45, 7) is 5.89. The molecule has 3 aromatic rings. The first-order chi connectivity index (χ1) is 14.6. The normalized spacial score (nSPS) is 13.0. The van der Waals surface area contributed by atoms with Crippen molar-refractivity contribution in [2.75, 3.05) is 10.6 Å². The third-order valence-electron chi connectivity index (χ3n) is 5.69. The molecule has 160 valence electrons. The van der Waals surface area contributed by atoms with E-state index in [9.17, 15) is 18.3 Å². The van der Waals surface area contributed by atoms with Gasteiger partial charge in [0.05, 0.1) is 30.6 Å². The van der Waals surface area contributed by atoms with Gasteiger partial charge in [-0.05, 0) is 60.2 Å². The minimum Gasteiger partial charge on any atom is -0.481 e. The van der Waals surface area contributed by atoms with Crippen LogP contribution in [-0.4, -0.2) is 30.7 Å². The molecule has 2 heterocycles. The average Bonchev–Trinajstić information content (AvgIpc) is 2.68. The number of aliphatic carboxylic acids is 1. The average molecular weight is 437 g/mol. The molecule has 2 aromatic carbocycles. The van der Waals surface area contributed by atoms with Crippen molar-refractivity contribution in [3.8, 4) is 22.4 Å². The quantitative estimate of drug-likeness (QED) is 0.661. The van der Waals surface area contributed by atoms with E-state index in [1.807, 2.05) is 50.2 Å². The number of hydrogen-bond acceptors (Lipinski definition) is 4. The lowest BCUT2D eigenvalue weighted by molar-refractivity contribution is -0.136. The fourth-order valence-electron chi connectivity index (χ4n) is 4.23. The summed E-state index contributed by atoms with van der Waals surface area (Å²) in [5.41, 5.74) is 7.76. The van der Waals surface area contributed by atoms with Crippen LogP contribution in [0.15, 0.2) is 42.6 Å². The van der Waals surface area contributed by atoms with Crippen LogP contribution in [0.1, 0.15) is 27.8 Å². The van der Waals surface area contributed by atoms with Gasteiger partial charge in [0, 0.05) is 11.8 Å². The van der Waals surface area contributed by atoms with Crippen molar-refractivity contribution in [1.82, 2.24) is 4.98 Å². The van der Waals surface area contributed by atoms with Gasteiger partial charge in [-0.1, -0.05) is 35.9 Å². The van der Waals surface area contributed by atoms with Crippen LogP contribution in [0.4, 0.5) is 5.69 Å². The second-order valence-electron chi connectivity index (χ2n) is 8.15. The zero-order valence-electron chi connectivity index (χ0n) is 17.9. The number of carboxylic acids is 1. The molecule has 0 amide bonds. The molecule has 1 aliphatic heterocycles. The van der Waals surface area contributed by atoms with Crippen molar-refractivity contribution in [3.05, 3.63) is 70.4 Å². The molecular formula is C24H24N2O4S. The van der Waals surface area contributed by atoms with Gasteiger partial charge in [0.15, 0.2) is 0 Å². The van der Waals surface area contributed by atoms with Gasteiger partial charge < -0.3 is 5.11 Å². The maximum absolute atomic E-state index is 12.7. The van der Waals surface area contributed by atoms with E-state index < -0.39 is 16.0 Å². The van der Waals surface area contributed by atoms with Gasteiger partial charge in [0.25, 0.3) is 0 Å². The van der Waals surface area contributed by atoms with Crippen molar-refractivity contribution in [2.45, 2.75) is 33.7 Å². The Bertz CT molecular complexity index is 1310. The second-order valence-corrected chi connectivity index (χ2v) is 10.1. The standard InChI is InChI=1S/C24H24N2O4S/c1-14-5-7-17(8-6-14)20-10-21-23-18(9-15(2)12-25-23)13-26(31(4,29)30)24(21)16(3)19(20)11-22(27)28/h5-10,12H,11,13H2,1-4H3,(H,27,28). The number of sulfonamides is 1. The molecule has 4 rings (SSSR count). The number of aromatic nitrogens is 1. The molecule has 7 heteroatoms. The van der Waals surface area contributed by atoms with E-state index in [4.69, 9.17) is 0 Å². The predicted molar refractivity (Wildman–Crippen MR) is 122 cm³/mol. The summed E-state index contributed by atoms with van der Waals surface area (Å²) < 4.78 is 26.8. The van der Waals surface area contributed by atoms with Gasteiger partial charge in [-0.25, -0.2) is 8.42 Å². The predicted octanol–water partition coefficient (Wildman–Crippen LogP) is 4.25. The molecule has 0 saturated carbocycles. The zero-order valence-corrected chi connectivity index (χ0v) is 18.7. The summed E-state index contributed by atoms with van der Waals surface area (Å²) in [4.78, 5) is 16.3. The number of fused-ring (bicyclic) bond motifs is 3. The monoisotopic (exact) mass is 436 g/mol. The van der Waals surface area contributed by atoms with E-state index in [-0.39, 0.29) is 13.0 Å². The van der Waals surface area contributed by atoms with Crippen molar-refractivity contribution in [1.29, 1.82) is 0 Å². The molecule has 0 unspecified atom stereocenters. The number of anilines is 1. The molecule has 1 aromatic heterocycles. The Hall–Kier alpha value is -3.19. The lowest BCUT2D eigenvalue weighted by Gasteiger charge is -2.33. The van der Waals surface area contributed by atoms with Crippen LogP contribution >= 0.6 is 0 Å². The minimum absolute atomic E-state index is 0.174. The minimum atomic E-state index is -3.59. The van der Waals surface area contributed by atoms with Crippen LogP contribution in [0.2, 0.25) is 0 Å². The smallest absolute Gasteiger partial charge is 0.307 e. The number of aryl methyl sites for hydroxylation is 2. The number of rotatable bonds is 4. The van der Waals surface area contributed by atoms with E-state index in [0.29, 0.717) is 22.4 Å².